The molecular formula is C22H42N2O2. The van der Waals surface area contributed by atoms with Gasteiger partial charge < -0.3 is 14.5 Å². The molecule has 0 N–H and O–H groups in total. The lowest BCUT2D eigenvalue weighted by Crippen LogP contribution is -2.49. The number of rotatable bonds is 8. The Morgan fingerprint density at radius 2 is 1.81 bits per heavy atom. The number of unbranched alkanes of at least 4 members (excludes halogenated alkanes) is 1. The van der Waals surface area contributed by atoms with E-state index in [1.165, 1.54) is 51.4 Å². The van der Waals surface area contributed by atoms with Gasteiger partial charge in [-0.15, -0.1) is 0 Å². The van der Waals surface area contributed by atoms with E-state index in [9.17, 15) is 4.79 Å². The second-order valence-corrected chi connectivity index (χ2v) is 9.75. The molecule has 152 valence electrons. The fourth-order valence-corrected chi connectivity index (χ4v) is 4.90. The summed E-state index contributed by atoms with van der Waals surface area (Å²) >= 11 is 0. The van der Waals surface area contributed by atoms with Crippen LogP contribution in [0, 0.1) is 5.41 Å². The molecule has 0 aromatic heterocycles. The van der Waals surface area contributed by atoms with Crippen LogP contribution in [0.3, 0.4) is 0 Å². The van der Waals surface area contributed by atoms with Gasteiger partial charge in [-0.1, -0.05) is 19.8 Å². The van der Waals surface area contributed by atoms with Gasteiger partial charge in [0.25, 0.3) is 0 Å². The fraction of sp³-hybridized carbons (Fsp3) is 0.955. The van der Waals surface area contributed by atoms with E-state index < -0.39 is 0 Å². The minimum Gasteiger partial charge on any atom is -0.379 e. The van der Waals surface area contributed by atoms with Gasteiger partial charge in [0.05, 0.1) is 5.60 Å². The first kappa shape index (κ1) is 21.7. The molecule has 2 rings (SSSR count). The molecule has 0 unspecified atom stereocenters. The van der Waals surface area contributed by atoms with Crippen LogP contribution >= 0.6 is 0 Å². The van der Waals surface area contributed by atoms with E-state index in [-0.39, 0.29) is 5.60 Å². The number of carbonyl (C=O) groups is 1. The summed E-state index contributed by atoms with van der Waals surface area (Å²) in [6.45, 7) is 8.35. The lowest BCUT2D eigenvalue weighted by Gasteiger charge is -2.49. The van der Waals surface area contributed by atoms with Crippen LogP contribution in [0.2, 0.25) is 0 Å². The zero-order valence-corrected chi connectivity index (χ0v) is 18.2. The second-order valence-electron chi connectivity index (χ2n) is 9.75. The third-order valence-corrected chi connectivity index (χ3v) is 7.47. The third-order valence-electron chi connectivity index (χ3n) is 7.47. The maximum absolute atomic E-state index is 12.7. The number of hydrogen-bond acceptors (Lipinski definition) is 3. The Morgan fingerprint density at radius 3 is 2.35 bits per heavy atom. The van der Waals surface area contributed by atoms with Crippen LogP contribution in [0.5, 0.6) is 0 Å². The minimum atomic E-state index is -0.206. The quantitative estimate of drug-likeness (QED) is 0.635. The van der Waals surface area contributed by atoms with Crippen LogP contribution in [0.4, 0.5) is 0 Å². The number of methoxy groups -OCH3 is 1. The molecule has 0 aromatic rings. The normalized spacial score (nSPS) is 29.7. The van der Waals surface area contributed by atoms with Gasteiger partial charge in [-0.25, -0.2) is 0 Å². The van der Waals surface area contributed by atoms with Crippen LogP contribution in [0.1, 0.15) is 85.0 Å². The second kappa shape index (κ2) is 8.60. The molecule has 2 aliphatic rings. The van der Waals surface area contributed by atoms with Crippen molar-refractivity contribution in [2.45, 2.75) is 96.1 Å². The Balaban J connectivity index is 1.89. The first-order chi connectivity index (χ1) is 12.2. The van der Waals surface area contributed by atoms with Gasteiger partial charge in [0.15, 0.2) is 0 Å². The van der Waals surface area contributed by atoms with Gasteiger partial charge >= 0.3 is 0 Å². The molecular weight excluding hydrogens is 324 g/mol. The topological polar surface area (TPSA) is 32.8 Å². The van der Waals surface area contributed by atoms with E-state index >= 15 is 0 Å². The summed E-state index contributed by atoms with van der Waals surface area (Å²) in [7, 11) is 6.25. The molecule has 26 heavy (non-hydrogen) atoms. The SMILES string of the molecule is CCCCC1(N(C)C)CCC2(CCN(C(=O)CCC(C)(C)OC)C2)CC1. The first-order valence-electron chi connectivity index (χ1n) is 10.7. The van der Waals surface area contributed by atoms with Gasteiger partial charge in [0.1, 0.15) is 0 Å². The standard InChI is InChI=1S/C22H42N2O2/c1-7-8-10-22(23(4)5)14-12-21(13-15-22)16-17-24(18-21)19(25)9-11-20(2,3)26-6/h7-18H2,1-6H3. The zero-order chi connectivity index (χ0) is 19.4. The molecule has 4 heteroatoms. The molecule has 0 radical (unpaired) electrons. The number of ether oxygens (including phenoxy) is 1. The number of nitrogens with zero attached hydrogens (tertiary/aromatic N) is 2. The molecule has 2 fully saturated rings. The molecule has 1 amide bonds. The summed E-state index contributed by atoms with van der Waals surface area (Å²) in [5, 5.41) is 0. The smallest absolute Gasteiger partial charge is 0.222 e. The van der Waals surface area contributed by atoms with E-state index in [4.69, 9.17) is 4.74 Å². The Kier molecular flexibility index (Phi) is 7.17. The summed E-state index contributed by atoms with van der Waals surface area (Å²) in [5.74, 6) is 0.322. The van der Waals surface area contributed by atoms with Crippen molar-refractivity contribution in [2.75, 3.05) is 34.3 Å². The summed E-state index contributed by atoms with van der Waals surface area (Å²) in [5.41, 5.74) is 0.571. The molecule has 1 saturated carbocycles. The maximum Gasteiger partial charge on any atom is 0.222 e. The van der Waals surface area contributed by atoms with Crippen molar-refractivity contribution in [3.8, 4) is 0 Å². The van der Waals surface area contributed by atoms with E-state index in [2.05, 4.69) is 44.7 Å². The molecule has 1 saturated heterocycles. The van der Waals surface area contributed by atoms with Crippen molar-refractivity contribution in [1.82, 2.24) is 9.80 Å². The van der Waals surface area contributed by atoms with Crippen molar-refractivity contribution >= 4 is 5.91 Å². The predicted octanol–water partition coefficient (Wildman–Crippen LogP) is 4.47. The van der Waals surface area contributed by atoms with Crippen LogP contribution < -0.4 is 0 Å². The van der Waals surface area contributed by atoms with E-state index in [1.807, 2.05) is 0 Å². The highest BCUT2D eigenvalue weighted by Crippen LogP contribution is 2.49. The Labute approximate surface area is 161 Å². The summed E-state index contributed by atoms with van der Waals surface area (Å²) in [6, 6.07) is 0. The highest BCUT2D eigenvalue weighted by molar-refractivity contribution is 5.76. The molecule has 0 aromatic carbocycles. The molecule has 1 aliphatic carbocycles. The average Bonchev–Trinajstić information content (AvgIpc) is 3.03. The monoisotopic (exact) mass is 366 g/mol. The van der Waals surface area contributed by atoms with Crippen molar-refractivity contribution in [3.63, 3.8) is 0 Å². The first-order valence-corrected chi connectivity index (χ1v) is 10.7. The van der Waals surface area contributed by atoms with Gasteiger partial charge in [0, 0.05) is 32.2 Å². The van der Waals surface area contributed by atoms with Crippen LogP contribution in [0.15, 0.2) is 0 Å². The molecule has 4 nitrogen and oxygen atoms in total. The Morgan fingerprint density at radius 1 is 1.15 bits per heavy atom. The number of amides is 1. The fourth-order valence-electron chi connectivity index (χ4n) is 4.90. The number of carbonyl (C=O) groups excluding carboxylic acids is 1. The lowest BCUT2D eigenvalue weighted by molar-refractivity contribution is -0.132. The van der Waals surface area contributed by atoms with Gasteiger partial charge in [-0.2, -0.15) is 0 Å². The number of hydrogen-bond donors (Lipinski definition) is 0. The highest BCUT2D eigenvalue weighted by atomic mass is 16.5. The molecule has 0 bridgehead atoms. The molecule has 1 aliphatic heterocycles. The highest BCUT2D eigenvalue weighted by Gasteiger charge is 2.47. The predicted molar refractivity (Wildman–Crippen MR) is 108 cm³/mol. The Bertz CT molecular complexity index is 465. The van der Waals surface area contributed by atoms with Gasteiger partial charge in [-0.05, 0) is 78.3 Å². The van der Waals surface area contributed by atoms with E-state index in [0.717, 1.165) is 19.5 Å². The summed E-state index contributed by atoms with van der Waals surface area (Å²) in [4.78, 5) is 17.3. The summed E-state index contributed by atoms with van der Waals surface area (Å²) in [6.07, 6.45) is 11.7. The van der Waals surface area contributed by atoms with Crippen molar-refractivity contribution in [1.29, 1.82) is 0 Å². The van der Waals surface area contributed by atoms with Crippen LogP contribution in [-0.2, 0) is 9.53 Å². The summed E-state index contributed by atoms with van der Waals surface area (Å²) < 4.78 is 5.46. The van der Waals surface area contributed by atoms with E-state index in [0.29, 0.717) is 23.3 Å². The van der Waals surface area contributed by atoms with Crippen LogP contribution in [0.25, 0.3) is 0 Å². The zero-order valence-electron chi connectivity index (χ0n) is 18.2. The maximum atomic E-state index is 12.7. The molecule has 1 spiro atoms. The molecule has 0 atom stereocenters. The van der Waals surface area contributed by atoms with Crippen LogP contribution in [-0.4, -0.2) is 61.1 Å². The largest absolute Gasteiger partial charge is 0.379 e. The van der Waals surface area contributed by atoms with Gasteiger partial charge in [-0.3, -0.25) is 4.79 Å². The van der Waals surface area contributed by atoms with Crippen molar-refractivity contribution in [2.24, 2.45) is 5.41 Å². The van der Waals surface area contributed by atoms with Crippen molar-refractivity contribution in [3.05, 3.63) is 0 Å². The minimum absolute atomic E-state index is 0.206. The van der Waals surface area contributed by atoms with E-state index in [1.54, 1.807) is 7.11 Å². The third kappa shape index (κ3) is 5.01. The lowest BCUT2D eigenvalue weighted by atomic mass is 9.65. The number of likely N-dealkylation sites (tertiary alicyclic amines) is 1. The average molecular weight is 367 g/mol. The Hall–Kier alpha value is -0.610. The van der Waals surface area contributed by atoms with Gasteiger partial charge in [0.2, 0.25) is 5.91 Å². The van der Waals surface area contributed by atoms with Crippen molar-refractivity contribution < 1.29 is 9.53 Å². The molecule has 1 heterocycles.